The molecule has 10 heteroatoms. The van der Waals surface area contributed by atoms with Crippen molar-refractivity contribution in [1.29, 1.82) is 0 Å². The van der Waals surface area contributed by atoms with Crippen molar-refractivity contribution in [3.05, 3.63) is 41.9 Å². The van der Waals surface area contributed by atoms with Gasteiger partial charge in [-0.15, -0.1) is 24.8 Å². The van der Waals surface area contributed by atoms with E-state index < -0.39 is 0 Å². The van der Waals surface area contributed by atoms with Gasteiger partial charge in [0.1, 0.15) is 5.82 Å². The molecule has 0 saturated heterocycles. The molecule has 2 heterocycles. The second kappa shape index (κ2) is 11.0. The Morgan fingerprint density at radius 2 is 2.00 bits per heavy atom. The van der Waals surface area contributed by atoms with Crippen molar-refractivity contribution < 1.29 is 4.79 Å². The maximum atomic E-state index is 12.0. The van der Waals surface area contributed by atoms with Gasteiger partial charge in [0.2, 0.25) is 5.95 Å². The molecule has 1 fully saturated rings. The summed E-state index contributed by atoms with van der Waals surface area (Å²) in [4.78, 5) is 27.0. The van der Waals surface area contributed by atoms with Crippen LogP contribution in [0.25, 0.3) is 0 Å². The molecule has 1 aliphatic rings. The minimum Gasteiger partial charge on any atom is -0.368 e. The van der Waals surface area contributed by atoms with Gasteiger partial charge in [0.25, 0.3) is 5.91 Å². The number of halogens is 2. The van der Waals surface area contributed by atoms with Crippen LogP contribution in [0, 0.1) is 0 Å². The number of rotatable bonds is 7. The SMILES string of the molecule is CN(C)c1nc(NCCNC(=O)c2cccnc2)cc(C2CC(N)C2)n1.Cl.Cl. The molecule has 154 valence electrons. The number of anilines is 2. The van der Waals surface area contributed by atoms with E-state index in [4.69, 9.17) is 5.73 Å². The molecule has 0 aliphatic heterocycles. The molecular formula is C18H27Cl2N7O. The number of hydrogen-bond donors (Lipinski definition) is 3. The fourth-order valence-corrected chi connectivity index (χ4v) is 2.82. The molecule has 1 aliphatic carbocycles. The van der Waals surface area contributed by atoms with E-state index in [1.807, 2.05) is 25.1 Å². The lowest BCUT2D eigenvalue weighted by atomic mass is 9.78. The van der Waals surface area contributed by atoms with E-state index in [0.717, 1.165) is 24.4 Å². The zero-order valence-corrected chi connectivity index (χ0v) is 17.6. The van der Waals surface area contributed by atoms with Crippen molar-refractivity contribution in [3.8, 4) is 0 Å². The lowest BCUT2D eigenvalue weighted by Crippen LogP contribution is -2.35. The Bertz CT molecular complexity index is 755. The van der Waals surface area contributed by atoms with Crippen LogP contribution in [0.4, 0.5) is 11.8 Å². The highest BCUT2D eigenvalue weighted by Gasteiger charge is 2.29. The van der Waals surface area contributed by atoms with Gasteiger partial charge in [-0.1, -0.05) is 0 Å². The van der Waals surface area contributed by atoms with E-state index >= 15 is 0 Å². The third-order valence-electron chi connectivity index (χ3n) is 4.37. The zero-order valence-electron chi connectivity index (χ0n) is 16.0. The molecule has 1 amide bonds. The standard InChI is InChI=1S/C18H25N7O.2ClH/c1-25(2)18-23-15(13-8-14(19)9-13)10-16(24-18)21-6-7-22-17(26)12-4-3-5-20-11-12;;/h3-5,10-11,13-14H,6-9,19H2,1-2H3,(H,22,26)(H,21,23,24);2*1H. The Hall–Kier alpha value is -2.16. The van der Waals surface area contributed by atoms with Gasteiger partial charge in [0.05, 0.1) is 11.3 Å². The van der Waals surface area contributed by atoms with E-state index in [9.17, 15) is 4.79 Å². The molecule has 8 nitrogen and oxygen atoms in total. The Morgan fingerprint density at radius 1 is 1.25 bits per heavy atom. The number of aromatic nitrogens is 3. The third kappa shape index (κ3) is 6.19. The van der Waals surface area contributed by atoms with Gasteiger partial charge < -0.3 is 21.3 Å². The van der Waals surface area contributed by atoms with Crippen LogP contribution in [0.2, 0.25) is 0 Å². The molecule has 0 unspecified atom stereocenters. The summed E-state index contributed by atoms with van der Waals surface area (Å²) >= 11 is 0. The highest BCUT2D eigenvalue weighted by Crippen LogP contribution is 2.35. The highest BCUT2D eigenvalue weighted by molar-refractivity contribution is 5.93. The molecule has 0 atom stereocenters. The maximum absolute atomic E-state index is 12.0. The summed E-state index contributed by atoms with van der Waals surface area (Å²) in [5, 5.41) is 6.12. The molecule has 2 aromatic heterocycles. The molecule has 3 rings (SSSR count). The first-order chi connectivity index (χ1) is 12.5. The first kappa shape index (κ1) is 23.9. The van der Waals surface area contributed by atoms with E-state index in [1.165, 1.54) is 0 Å². The monoisotopic (exact) mass is 427 g/mol. The van der Waals surface area contributed by atoms with Gasteiger partial charge in [-0.3, -0.25) is 9.78 Å². The van der Waals surface area contributed by atoms with Crippen LogP contribution in [0.15, 0.2) is 30.6 Å². The molecule has 0 radical (unpaired) electrons. The van der Waals surface area contributed by atoms with Gasteiger partial charge in [-0.2, -0.15) is 4.98 Å². The van der Waals surface area contributed by atoms with E-state index in [2.05, 4.69) is 25.6 Å². The average Bonchev–Trinajstić information content (AvgIpc) is 2.63. The molecule has 0 bridgehead atoms. The second-order valence-electron chi connectivity index (χ2n) is 6.73. The predicted molar refractivity (Wildman–Crippen MR) is 116 cm³/mol. The summed E-state index contributed by atoms with van der Waals surface area (Å²) in [6.45, 7) is 1.05. The molecule has 1 saturated carbocycles. The van der Waals surface area contributed by atoms with Gasteiger partial charge in [-0.25, -0.2) is 4.98 Å². The first-order valence-corrected chi connectivity index (χ1v) is 8.77. The normalized spacial score (nSPS) is 17.4. The maximum Gasteiger partial charge on any atom is 0.252 e. The molecular weight excluding hydrogens is 401 g/mol. The summed E-state index contributed by atoms with van der Waals surface area (Å²) in [5.41, 5.74) is 7.47. The van der Waals surface area contributed by atoms with Gasteiger partial charge in [0.15, 0.2) is 0 Å². The van der Waals surface area contributed by atoms with Crippen LogP contribution in [0.3, 0.4) is 0 Å². The van der Waals surface area contributed by atoms with E-state index in [0.29, 0.717) is 30.5 Å². The molecule has 28 heavy (non-hydrogen) atoms. The number of nitrogens with one attached hydrogen (secondary N) is 2. The minimum absolute atomic E-state index is 0. The number of carbonyl (C=O) groups excluding carboxylic acids is 1. The van der Waals surface area contributed by atoms with Gasteiger partial charge in [-0.05, 0) is 25.0 Å². The van der Waals surface area contributed by atoms with E-state index in [-0.39, 0.29) is 36.8 Å². The summed E-state index contributed by atoms with van der Waals surface area (Å²) in [6.07, 6.45) is 5.11. The van der Waals surface area contributed by atoms with Crippen LogP contribution in [-0.2, 0) is 0 Å². The summed E-state index contributed by atoms with van der Waals surface area (Å²) in [7, 11) is 3.84. The highest BCUT2D eigenvalue weighted by atomic mass is 35.5. The van der Waals surface area contributed by atoms with Crippen LogP contribution < -0.4 is 21.3 Å². The Kier molecular flexibility index (Phi) is 9.37. The van der Waals surface area contributed by atoms with Crippen molar-refractivity contribution >= 4 is 42.5 Å². The Labute approximate surface area is 177 Å². The van der Waals surface area contributed by atoms with Crippen LogP contribution in [-0.4, -0.2) is 54.1 Å². The first-order valence-electron chi connectivity index (χ1n) is 8.77. The third-order valence-corrected chi connectivity index (χ3v) is 4.37. The minimum atomic E-state index is -0.138. The number of nitrogens with zero attached hydrogens (tertiary/aromatic N) is 4. The molecule has 0 spiro atoms. The summed E-state index contributed by atoms with van der Waals surface area (Å²) in [6, 6.07) is 5.73. The van der Waals surface area contributed by atoms with Crippen LogP contribution >= 0.6 is 24.8 Å². The largest absolute Gasteiger partial charge is 0.368 e. The quantitative estimate of drug-likeness (QED) is 0.578. The van der Waals surface area contributed by atoms with Gasteiger partial charge in [0, 0.05) is 57.6 Å². The van der Waals surface area contributed by atoms with Crippen molar-refractivity contribution in [2.75, 3.05) is 37.4 Å². The lowest BCUT2D eigenvalue weighted by Gasteiger charge is -2.32. The zero-order chi connectivity index (χ0) is 18.5. The number of nitrogens with two attached hydrogens (primary N) is 1. The number of amides is 1. The Morgan fingerprint density at radius 3 is 2.61 bits per heavy atom. The molecule has 0 aromatic carbocycles. The van der Waals surface area contributed by atoms with Crippen molar-refractivity contribution in [1.82, 2.24) is 20.3 Å². The number of hydrogen-bond acceptors (Lipinski definition) is 7. The topological polar surface area (TPSA) is 109 Å². The summed E-state index contributed by atoms with van der Waals surface area (Å²) in [5.74, 6) is 1.69. The fourth-order valence-electron chi connectivity index (χ4n) is 2.82. The smallest absolute Gasteiger partial charge is 0.252 e. The van der Waals surface area contributed by atoms with E-state index in [1.54, 1.807) is 24.5 Å². The van der Waals surface area contributed by atoms with Crippen molar-refractivity contribution in [3.63, 3.8) is 0 Å². The molecule has 2 aromatic rings. The number of carbonyl (C=O) groups is 1. The fraction of sp³-hybridized carbons (Fsp3) is 0.444. The lowest BCUT2D eigenvalue weighted by molar-refractivity contribution is 0.0955. The van der Waals surface area contributed by atoms with Crippen LogP contribution in [0.1, 0.15) is 34.8 Å². The van der Waals surface area contributed by atoms with Crippen LogP contribution in [0.5, 0.6) is 0 Å². The Balaban J connectivity index is 0.00000196. The average molecular weight is 428 g/mol. The van der Waals surface area contributed by atoms with Crippen molar-refractivity contribution in [2.24, 2.45) is 5.73 Å². The van der Waals surface area contributed by atoms with Gasteiger partial charge >= 0.3 is 0 Å². The summed E-state index contributed by atoms with van der Waals surface area (Å²) < 4.78 is 0. The van der Waals surface area contributed by atoms with Crippen molar-refractivity contribution in [2.45, 2.75) is 24.8 Å². The predicted octanol–water partition coefficient (Wildman–Crippen LogP) is 1.83. The number of pyridine rings is 1. The second-order valence-corrected chi connectivity index (χ2v) is 6.73. The molecule has 4 N–H and O–H groups in total.